The van der Waals surface area contributed by atoms with Crippen molar-refractivity contribution in [3.63, 3.8) is 0 Å². The van der Waals surface area contributed by atoms with Crippen molar-refractivity contribution in [2.75, 3.05) is 18.5 Å². The number of fused-ring (bicyclic) bond motifs is 3. The molecule has 1 aliphatic carbocycles. The number of anilines is 1. The molecule has 3 aromatic carbocycles. The number of allylic oxidation sites excluding steroid dienone is 2. The Kier molecular flexibility index (Phi) is 7.16. The molecule has 0 amide bonds. The maximum absolute atomic E-state index is 5.76. The van der Waals surface area contributed by atoms with Gasteiger partial charge in [0.05, 0.1) is 22.8 Å². The molecule has 5 heteroatoms. The van der Waals surface area contributed by atoms with Crippen molar-refractivity contribution in [3.05, 3.63) is 93.5 Å². The Labute approximate surface area is 221 Å². The lowest BCUT2D eigenvalue weighted by atomic mass is 9.76. The second kappa shape index (κ2) is 10.6. The normalized spacial score (nSPS) is 19.9. The number of ether oxygens (including phenoxy) is 2. The summed E-state index contributed by atoms with van der Waals surface area (Å²) < 4.78 is 12.2. The van der Waals surface area contributed by atoms with Gasteiger partial charge in [-0.2, -0.15) is 0 Å². The zero-order chi connectivity index (χ0) is 25.1. The summed E-state index contributed by atoms with van der Waals surface area (Å²) in [6.07, 6.45) is 13.0. The Bertz CT molecular complexity index is 1350. The van der Waals surface area contributed by atoms with Crippen LogP contribution in [0.3, 0.4) is 0 Å². The lowest BCUT2D eigenvalue weighted by molar-refractivity contribution is 0.298. The van der Waals surface area contributed by atoms with Gasteiger partial charge in [0.2, 0.25) is 0 Å². The highest BCUT2D eigenvalue weighted by atomic mass is 79.9. The molecule has 0 aromatic heterocycles. The minimum absolute atomic E-state index is 0.178. The van der Waals surface area contributed by atoms with Crippen molar-refractivity contribution in [1.29, 1.82) is 0 Å². The highest BCUT2D eigenvalue weighted by Crippen LogP contribution is 2.50. The van der Waals surface area contributed by atoms with E-state index in [4.69, 9.17) is 20.9 Å². The van der Waals surface area contributed by atoms with Gasteiger partial charge in [-0.05, 0) is 89.1 Å². The van der Waals surface area contributed by atoms with Crippen molar-refractivity contribution in [2.45, 2.75) is 32.2 Å². The fourth-order valence-corrected chi connectivity index (χ4v) is 5.71. The smallest absolute Gasteiger partial charge is 0.176 e. The molecule has 0 fully saturated rings. The molecule has 0 spiro atoms. The van der Waals surface area contributed by atoms with Crippen LogP contribution in [0.2, 0.25) is 0 Å². The van der Waals surface area contributed by atoms with Crippen molar-refractivity contribution in [3.8, 4) is 23.8 Å². The van der Waals surface area contributed by atoms with Crippen LogP contribution in [-0.4, -0.2) is 19.4 Å². The van der Waals surface area contributed by atoms with Gasteiger partial charge in [-0.25, -0.2) is 0 Å². The largest absolute Gasteiger partial charge is 0.490 e. The highest BCUT2D eigenvalue weighted by molar-refractivity contribution is 9.10. The first-order chi connectivity index (χ1) is 17.6. The highest BCUT2D eigenvalue weighted by Gasteiger charge is 2.37. The summed E-state index contributed by atoms with van der Waals surface area (Å²) >= 11 is 3.57. The van der Waals surface area contributed by atoms with Crippen LogP contribution in [0, 0.1) is 25.2 Å². The van der Waals surface area contributed by atoms with E-state index in [0.29, 0.717) is 29.9 Å². The number of hydrogen-bond donors (Lipinski definition) is 1. The van der Waals surface area contributed by atoms with Crippen LogP contribution in [-0.2, 0) is 0 Å². The number of aliphatic imine (C=N–C) groups is 1. The third kappa shape index (κ3) is 4.92. The van der Waals surface area contributed by atoms with E-state index in [2.05, 4.69) is 88.7 Å². The van der Waals surface area contributed by atoms with E-state index < -0.39 is 0 Å². The van der Waals surface area contributed by atoms with Crippen LogP contribution in [0.4, 0.5) is 11.4 Å². The van der Waals surface area contributed by atoms with Crippen LogP contribution in [0.1, 0.15) is 47.6 Å². The first-order valence-corrected chi connectivity index (χ1v) is 13.1. The van der Waals surface area contributed by atoms with Crippen molar-refractivity contribution >= 4 is 33.5 Å². The number of terminal acetylenes is 1. The Morgan fingerprint density at radius 1 is 1.14 bits per heavy atom. The van der Waals surface area contributed by atoms with Gasteiger partial charge >= 0.3 is 0 Å². The number of aryl methyl sites for hydroxylation is 1. The van der Waals surface area contributed by atoms with Gasteiger partial charge in [0, 0.05) is 17.8 Å². The maximum Gasteiger partial charge on any atom is 0.176 e. The monoisotopic (exact) mass is 540 g/mol. The minimum atomic E-state index is 0.178. The van der Waals surface area contributed by atoms with Gasteiger partial charge in [0.15, 0.2) is 11.5 Å². The number of nitrogens with one attached hydrogen (secondary N) is 1. The first-order valence-electron chi connectivity index (χ1n) is 12.3. The third-order valence-electron chi connectivity index (χ3n) is 6.76. The molecule has 2 aliphatic rings. The summed E-state index contributed by atoms with van der Waals surface area (Å²) in [5.74, 6) is 4.72. The number of nitrogens with zero attached hydrogens (tertiary/aromatic N) is 1. The van der Waals surface area contributed by atoms with Crippen LogP contribution in [0.15, 0.2) is 76.2 Å². The molecule has 4 nitrogen and oxygen atoms in total. The summed E-state index contributed by atoms with van der Waals surface area (Å²) in [5, 5.41) is 3.81. The summed E-state index contributed by atoms with van der Waals surface area (Å²) in [6.45, 7) is 4.80. The van der Waals surface area contributed by atoms with E-state index in [-0.39, 0.29) is 12.6 Å². The molecule has 0 radical (unpaired) electrons. The van der Waals surface area contributed by atoms with Crippen molar-refractivity contribution in [1.82, 2.24) is 0 Å². The quantitative estimate of drug-likeness (QED) is 0.189. The predicted octanol–water partition coefficient (Wildman–Crippen LogP) is 7.75. The Morgan fingerprint density at radius 3 is 2.75 bits per heavy atom. The van der Waals surface area contributed by atoms with Crippen molar-refractivity contribution in [2.24, 2.45) is 10.9 Å². The molecule has 1 aliphatic heterocycles. The van der Waals surface area contributed by atoms with Gasteiger partial charge in [-0.3, -0.25) is 4.99 Å². The molecule has 1 N–H and O–H groups in total. The van der Waals surface area contributed by atoms with Gasteiger partial charge in [-0.15, -0.1) is 6.42 Å². The Balaban J connectivity index is 1.35. The zero-order valence-electron chi connectivity index (χ0n) is 20.5. The van der Waals surface area contributed by atoms with Gasteiger partial charge in [0.1, 0.15) is 6.61 Å². The van der Waals surface area contributed by atoms with E-state index >= 15 is 0 Å². The molecule has 3 aromatic rings. The van der Waals surface area contributed by atoms with E-state index in [1.54, 1.807) is 0 Å². The predicted molar refractivity (Wildman–Crippen MR) is 151 cm³/mol. The van der Waals surface area contributed by atoms with E-state index in [0.717, 1.165) is 22.1 Å². The van der Waals surface area contributed by atoms with E-state index in [1.165, 1.54) is 22.4 Å². The molecule has 0 bridgehead atoms. The summed E-state index contributed by atoms with van der Waals surface area (Å²) in [6, 6.07) is 19.4. The Morgan fingerprint density at radius 2 is 1.97 bits per heavy atom. The Hall–Kier alpha value is -3.49. The molecular formula is C31H29BrN2O2. The second-order valence-electron chi connectivity index (χ2n) is 9.17. The fraction of sp³-hybridized carbons (Fsp3) is 0.258. The molecule has 36 heavy (non-hydrogen) atoms. The zero-order valence-corrected chi connectivity index (χ0v) is 22.1. The molecule has 5 rings (SSSR count). The lowest BCUT2D eigenvalue weighted by Gasteiger charge is -2.37. The van der Waals surface area contributed by atoms with Crippen molar-refractivity contribution < 1.29 is 9.47 Å². The summed E-state index contributed by atoms with van der Waals surface area (Å²) in [5.41, 5.74) is 7.06. The van der Waals surface area contributed by atoms with Gasteiger partial charge in [-0.1, -0.05) is 47.9 Å². The first kappa shape index (κ1) is 24.2. The molecule has 182 valence electrons. The average molecular weight is 541 g/mol. The standard InChI is InChI=1S/C31H29BrN2O2/c1-4-15-36-31-27(32)17-21(18-29(31)35-5-2)19-33-23-12-10-22(11-13-23)30-25-8-6-7-24(25)26-16-20(3)9-14-28(26)34-30/h1,6-7,9-14,16-19,24-25,30,34H,5,8,15H2,2-3H3/t24-,25-,30+/m1/s1. The SMILES string of the molecule is C#CCOc1c(Br)cc(C=Nc2ccc([C@@H]3Nc4ccc(C)cc4[C@@H]4C=CC[C@H]43)cc2)cc1OCC. The number of hydrogen-bond acceptors (Lipinski definition) is 4. The average Bonchev–Trinajstić information content (AvgIpc) is 3.38. The number of halogens is 1. The second-order valence-corrected chi connectivity index (χ2v) is 10.0. The molecule has 0 saturated heterocycles. The van der Waals surface area contributed by atoms with Gasteiger partial charge in [0.25, 0.3) is 0 Å². The topological polar surface area (TPSA) is 42.8 Å². The van der Waals surface area contributed by atoms with Gasteiger partial charge < -0.3 is 14.8 Å². The minimum Gasteiger partial charge on any atom is -0.490 e. The molecule has 0 unspecified atom stereocenters. The lowest BCUT2D eigenvalue weighted by Crippen LogP contribution is -2.29. The van der Waals surface area contributed by atoms with E-state index in [9.17, 15) is 0 Å². The molecule has 1 heterocycles. The third-order valence-corrected chi connectivity index (χ3v) is 7.35. The molecule has 0 saturated carbocycles. The summed E-state index contributed by atoms with van der Waals surface area (Å²) in [4.78, 5) is 4.70. The number of rotatable bonds is 7. The van der Waals surface area contributed by atoms with Crippen LogP contribution in [0.25, 0.3) is 0 Å². The van der Waals surface area contributed by atoms with Crippen LogP contribution in [0.5, 0.6) is 11.5 Å². The van der Waals surface area contributed by atoms with Crippen LogP contribution < -0.4 is 14.8 Å². The summed E-state index contributed by atoms with van der Waals surface area (Å²) in [7, 11) is 0. The maximum atomic E-state index is 5.76. The number of benzene rings is 3. The fourth-order valence-electron chi connectivity index (χ4n) is 5.14. The van der Waals surface area contributed by atoms with Crippen LogP contribution >= 0.6 is 15.9 Å². The molecule has 3 atom stereocenters. The molecular weight excluding hydrogens is 512 g/mol. The van der Waals surface area contributed by atoms with E-state index in [1.807, 2.05) is 25.3 Å².